The zero-order valence-electron chi connectivity index (χ0n) is 12.4. The summed E-state index contributed by atoms with van der Waals surface area (Å²) in [5.74, 6) is 0.472. The smallest absolute Gasteiger partial charge is 0.228 e. The highest BCUT2D eigenvalue weighted by molar-refractivity contribution is 5.82. The second-order valence-corrected chi connectivity index (χ2v) is 5.71. The summed E-state index contributed by atoms with van der Waals surface area (Å²) < 4.78 is 0. The van der Waals surface area contributed by atoms with Crippen molar-refractivity contribution >= 4 is 5.91 Å². The third-order valence-electron chi connectivity index (χ3n) is 4.37. The lowest BCUT2D eigenvalue weighted by Crippen LogP contribution is -2.47. The zero-order valence-corrected chi connectivity index (χ0v) is 12.4. The van der Waals surface area contributed by atoms with Crippen molar-refractivity contribution in [3.63, 3.8) is 0 Å². The number of amides is 1. The summed E-state index contributed by atoms with van der Waals surface area (Å²) in [4.78, 5) is 14.6. The van der Waals surface area contributed by atoms with Gasteiger partial charge in [-0.25, -0.2) is 0 Å². The van der Waals surface area contributed by atoms with E-state index in [1.165, 1.54) is 0 Å². The van der Waals surface area contributed by atoms with Gasteiger partial charge in [0.1, 0.15) is 5.75 Å². The number of aromatic hydroxyl groups is 1. The van der Waals surface area contributed by atoms with Crippen LogP contribution in [0, 0.1) is 5.41 Å². The number of piperidine rings is 1. The molecule has 0 spiro atoms. The molecule has 1 aromatic rings. The van der Waals surface area contributed by atoms with Crippen LogP contribution < -0.4 is 5.32 Å². The molecule has 1 aliphatic heterocycles. The molecule has 4 heteroatoms. The Labute approximate surface area is 120 Å². The monoisotopic (exact) mass is 276 g/mol. The maximum Gasteiger partial charge on any atom is 0.228 e. The minimum absolute atomic E-state index is 0.211. The highest BCUT2D eigenvalue weighted by Gasteiger charge is 2.39. The van der Waals surface area contributed by atoms with Gasteiger partial charge in [0.25, 0.3) is 0 Å². The number of carbonyl (C=O) groups excluding carboxylic acids is 1. The molecule has 110 valence electrons. The summed E-state index contributed by atoms with van der Waals surface area (Å²) in [5, 5.41) is 12.8. The Balaban J connectivity index is 2.07. The van der Waals surface area contributed by atoms with E-state index in [9.17, 15) is 9.90 Å². The standard InChI is InChI=1S/C16H24N2O2/c1-3-16(7-9-17-10-8-16)15(20)18(2)12-13-5-4-6-14(19)11-13/h4-6,11,17,19H,3,7-10,12H2,1-2H3. The van der Waals surface area contributed by atoms with Crippen LogP contribution >= 0.6 is 0 Å². The van der Waals surface area contributed by atoms with Crippen LogP contribution in [0.4, 0.5) is 0 Å². The van der Waals surface area contributed by atoms with E-state index in [-0.39, 0.29) is 17.1 Å². The van der Waals surface area contributed by atoms with Crippen molar-refractivity contribution in [2.75, 3.05) is 20.1 Å². The van der Waals surface area contributed by atoms with Crippen LogP contribution in [-0.2, 0) is 11.3 Å². The van der Waals surface area contributed by atoms with Crippen molar-refractivity contribution in [2.24, 2.45) is 5.41 Å². The first-order valence-electron chi connectivity index (χ1n) is 7.31. The van der Waals surface area contributed by atoms with Gasteiger partial charge in [0.15, 0.2) is 0 Å². The normalized spacial score (nSPS) is 17.7. The Morgan fingerprint density at radius 3 is 2.70 bits per heavy atom. The predicted molar refractivity (Wildman–Crippen MR) is 79.4 cm³/mol. The van der Waals surface area contributed by atoms with E-state index in [1.54, 1.807) is 17.0 Å². The number of nitrogens with zero attached hydrogens (tertiary/aromatic N) is 1. The summed E-state index contributed by atoms with van der Waals surface area (Å²) in [6.45, 7) is 4.48. The number of phenolic OH excluding ortho intramolecular Hbond substituents is 1. The lowest BCUT2D eigenvalue weighted by molar-refractivity contribution is -0.143. The molecule has 2 N–H and O–H groups in total. The molecule has 1 fully saturated rings. The van der Waals surface area contributed by atoms with Crippen molar-refractivity contribution in [1.29, 1.82) is 0 Å². The number of hydrogen-bond acceptors (Lipinski definition) is 3. The van der Waals surface area contributed by atoms with E-state index in [1.807, 2.05) is 19.2 Å². The first-order valence-corrected chi connectivity index (χ1v) is 7.31. The lowest BCUT2D eigenvalue weighted by atomic mass is 9.75. The number of carbonyl (C=O) groups is 1. The van der Waals surface area contributed by atoms with Crippen LogP contribution in [0.1, 0.15) is 31.7 Å². The zero-order chi connectivity index (χ0) is 14.6. The number of benzene rings is 1. The number of hydrogen-bond donors (Lipinski definition) is 2. The van der Waals surface area contributed by atoms with Crippen molar-refractivity contribution < 1.29 is 9.90 Å². The van der Waals surface area contributed by atoms with E-state index in [2.05, 4.69) is 12.2 Å². The Kier molecular flexibility index (Phi) is 4.65. The molecule has 1 aromatic carbocycles. The van der Waals surface area contributed by atoms with Gasteiger partial charge in [0.2, 0.25) is 5.91 Å². The molecule has 1 saturated heterocycles. The van der Waals surface area contributed by atoms with Gasteiger partial charge in [-0.15, -0.1) is 0 Å². The van der Waals surface area contributed by atoms with E-state index < -0.39 is 0 Å². The molecule has 1 aliphatic rings. The van der Waals surface area contributed by atoms with Gasteiger partial charge in [-0.2, -0.15) is 0 Å². The highest BCUT2D eigenvalue weighted by Crippen LogP contribution is 2.34. The minimum atomic E-state index is -0.211. The third kappa shape index (κ3) is 3.12. The van der Waals surface area contributed by atoms with Crippen LogP contribution in [0.2, 0.25) is 0 Å². The Morgan fingerprint density at radius 2 is 2.10 bits per heavy atom. The van der Waals surface area contributed by atoms with Crippen LogP contribution in [0.5, 0.6) is 5.75 Å². The van der Waals surface area contributed by atoms with Gasteiger partial charge < -0.3 is 15.3 Å². The molecule has 1 heterocycles. The summed E-state index contributed by atoms with van der Waals surface area (Å²) in [6.07, 6.45) is 2.71. The molecule has 2 rings (SSSR count). The van der Waals surface area contributed by atoms with Crippen molar-refractivity contribution in [3.05, 3.63) is 29.8 Å². The van der Waals surface area contributed by atoms with Crippen LogP contribution in [0.25, 0.3) is 0 Å². The summed E-state index contributed by atoms with van der Waals surface area (Å²) >= 11 is 0. The Bertz CT molecular complexity index is 467. The van der Waals surface area contributed by atoms with Crippen molar-refractivity contribution in [1.82, 2.24) is 10.2 Å². The Morgan fingerprint density at radius 1 is 1.40 bits per heavy atom. The average molecular weight is 276 g/mol. The maximum atomic E-state index is 12.8. The molecular weight excluding hydrogens is 252 g/mol. The molecule has 0 atom stereocenters. The first kappa shape index (κ1) is 14.9. The predicted octanol–water partition coefficient (Wildman–Crippen LogP) is 2.13. The Hall–Kier alpha value is -1.55. The third-order valence-corrected chi connectivity index (χ3v) is 4.37. The topological polar surface area (TPSA) is 52.6 Å². The number of phenols is 1. The van der Waals surface area contributed by atoms with Gasteiger partial charge in [0, 0.05) is 13.6 Å². The molecule has 0 radical (unpaired) electrons. The number of nitrogens with one attached hydrogen (secondary N) is 1. The molecule has 0 bridgehead atoms. The van der Waals surface area contributed by atoms with Crippen molar-refractivity contribution in [2.45, 2.75) is 32.7 Å². The first-order chi connectivity index (χ1) is 9.57. The van der Waals surface area contributed by atoms with E-state index in [4.69, 9.17) is 0 Å². The van der Waals surface area contributed by atoms with Crippen LogP contribution in [0.3, 0.4) is 0 Å². The van der Waals surface area contributed by atoms with Crippen LogP contribution in [0.15, 0.2) is 24.3 Å². The summed E-state index contributed by atoms with van der Waals surface area (Å²) in [7, 11) is 1.85. The van der Waals surface area contributed by atoms with E-state index in [0.717, 1.165) is 37.9 Å². The largest absolute Gasteiger partial charge is 0.508 e. The lowest BCUT2D eigenvalue weighted by Gasteiger charge is -2.38. The molecular formula is C16H24N2O2. The fourth-order valence-electron chi connectivity index (χ4n) is 3.03. The van der Waals surface area contributed by atoms with Crippen LogP contribution in [-0.4, -0.2) is 36.1 Å². The van der Waals surface area contributed by atoms with E-state index in [0.29, 0.717) is 6.54 Å². The minimum Gasteiger partial charge on any atom is -0.508 e. The SMILES string of the molecule is CCC1(C(=O)N(C)Cc2cccc(O)c2)CCNCC1. The molecule has 20 heavy (non-hydrogen) atoms. The average Bonchev–Trinajstić information content (AvgIpc) is 2.47. The molecule has 4 nitrogen and oxygen atoms in total. The fourth-order valence-corrected chi connectivity index (χ4v) is 3.03. The number of rotatable bonds is 4. The molecule has 0 aliphatic carbocycles. The second-order valence-electron chi connectivity index (χ2n) is 5.71. The summed E-state index contributed by atoms with van der Waals surface area (Å²) in [5.41, 5.74) is 0.748. The molecule has 0 unspecified atom stereocenters. The fraction of sp³-hybridized carbons (Fsp3) is 0.562. The highest BCUT2D eigenvalue weighted by atomic mass is 16.3. The van der Waals surface area contributed by atoms with Gasteiger partial charge in [-0.3, -0.25) is 4.79 Å². The molecule has 0 saturated carbocycles. The van der Waals surface area contributed by atoms with E-state index >= 15 is 0 Å². The van der Waals surface area contributed by atoms with Crippen molar-refractivity contribution in [3.8, 4) is 5.75 Å². The summed E-state index contributed by atoms with van der Waals surface area (Å²) in [6, 6.07) is 7.10. The maximum absolute atomic E-state index is 12.8. The van der Waals surface area contributed by atoms with Gasteiger partial charge in [-0.05, 0) is 50.0 Å². The molecule has 0 aromatic heterocycles. The molecule has 1 amide bonds. The quantitative estimate of drug-likeness (QED) is 0.886. The van der Waals surface area contributed by atoms with Gasteiger partial charge in [-0.1, -0.05) is 19.1 Å². The van der Waals surface area contributed by atoms with Gasteiger partial charge >= 0.3 is 0 Å². The second kappa shape index (κ2) is 6.27. The van der Waals surface area contributed by atoms with Gasteiger partial charge in [0.05, 0.1) is 5.41 Å².